The third kappa shape index (κ3) is 3.46. The Morgan fingerprint density at radius 1 is 1.17 bits per heavy atom. The molecule has 0 radical (unpaired) electrons. The number of benzene rings is 2. The summed E-state index contributed by atoms with van der Waals surface area (Å²) >= 11 is 3.61. The fourth-order valence-corrected chi connectivity index (χ4v) is 3.28. The second-order valence-corrected chi connectivity index (χ2v) is 6.26. The van der Waals surface area contributed by atoms with E-state index in [1.807, 2.05) is 24.3 Å². The first-order valence-electron chi connectivity index (χ1n) is 7.58. The number of nitrogens with one attached hydrogen (secondary N) is 1. The molecule has 23 heavy (non-hydrogen) atoms. The zero-order valence-electron chi connectivity index (χ0n) is 13.3. The molecule has 1 atom stereocenters. The molecule has 0 saturated heterocycles. The summed E-state index contributed by atoms with van der Waals surface area (Å²) in [6.45, 7) is 1.47. The monoisotopic (exact) mass is 377 g/mol. The second-order valence-electron chi connectivity index (χ2n) is 5.41. The molecule has 3 rings (SSSR count). The minimum atomic E-state index is 0.292. The van der Waals surface area contributed by atoms with Crippen molar-refractivity contribution in [3.05, 3.63) is 52.0 Å². The van der Waals surface area contributed by atoms with E-state index >= 15 is 0 Å². The maximum Gasteiger partial charge on any atom is 0.161 e. The van der Waals surface area contributed by atoms with Crippen LogP contribution in [0.25, 0.3) is 0 Å². The van der Waals surface area contributed by atoms with Gasteiger partial charge in [-0.25, -0.2) is 0 Å². The third-order valence-corrected chi connectivity index (χ3v) is 4.79. The molecule has 0 amide bonds. The largest absolute Gasteiger partial charge is 0.493 e. The Kier molecular flexibility index (Phi) is 5.08. The van der Waals surface area contributed by atoms with Gasteiger partial charge in [0, 0.05) is 29.0 Å². The molecule has 1 aliphatic heterocycles. The quantitative estimate of drug-likeness (QED) is 0.851. The highest BCUT2D eigenvalue weighted by Gasteiger charge is 2.21. The summed E-state index contributed by atoms with van der Waals surface area (Å²) in [4.78, 5) is 0. The fraction of sp³-hybridized carbons (Fsp3) is 0.333. The van der Waals surface area contributed by atoms with Gasteiger partial charge in [-0.3, -0.25) is 0 Å². The van der Waals surface area contributed by atoms with Gasteiger partial charge in [-0.2, -0.15) is 0 Å². The zero-order chi connectivity index (χ0) is 16.2. The Morgan fingerprint density at radius 2 is 1.91 bits per heavy atom. The van der Waals surface area contributed by atoms with Crippen LogP contribution in [0.4, 0.5) is 0 Å². The third-order valence-electron chi connectivity index (χ3n) is 4.05. The highest BCUT2D eigenvalue weighted by Crippen LogP contribution is 2.35. The smallest absolute Gasteiger partial charge is 0.161 e. The average Bonchev–Trinajstić information content (AvgIpc) is 2.60. The Morgan fingerprint density at radius 3 is 2.70 bits per heavy atom. The standard InChI is InChI=1S/C18H20BrNO3/c1-21-17-9-12(14(19)10-18(17)22-2)11-20-15-7-8-23-16-6-4-3-5-13(15)16/h3-6,9-10,15,20H,7-8,11H2,1-2H3/t15-/m0/s1. The number of ether oxygens (including phenoxy) is 3. The predicted molar refractivity (Wildman–Crippen MR) is 93.4 cm³/mol. The molecule has 2 aromatic carbocycles. The summed E-state index contributed by atoms with van der Waals surface area (Å²) < 4.78 is 17.4. The average molecular weight is 378 g/mol. The Balaban J connectivity index is 1.77. The van der Waals surface area contributed by atoms with Crippen molar-refractivity contribution in [1.82, 2.24) is 5.32 Å². The number of hydrogen-bond acceptors (Lipinski definition) is 4. The van der Waals surface area contributed by atoms with Gasteiger partial charge >= 0.3 is 0 Å². The van der Waals surface area contributed by atoms with E-state index in [1.165, 1.54) is 5.56 Å². The molecule has 1 aliphatic rings. The molecule has 5 heteroatoms. The Hall–Kier alpha value is -1.72. The van der Waals surface area contributed by atoms with Gasteiger partial charge in [0.15, 0.2) is 11.5 Å². The van der Waals surface area contributed by atoms with Crippen molar-refractivity contribution in [2.75, 3.05) is 20.8 Å². The van der Waals surface area contributed by atoms with Crippen LogP contribution in [0, 0.1) is 0 Å². The highest BCUT2D eigenvalue weighted by molar-refractivity contribution is 9.10. The molecule has 0 spiro atoms. The summed E-state index contributed by atoms with van der Waals surface area (Å²) in [5.74, 6) is 2.43. The van der Waals surface area contributed by atoms with Crippen LogP contribution >= 0.6 is 15.9 Å². The normalized spacial score (nSPS) is 16.4. The highest BCUT2D eigenvalue weighted by atomic mass is 79.9. The minimum absolute atomic E-state index is 0.292. The van der Waals surface area contributed by atoms with E-state index in [0.29, 0.717) is 6.04 Å². The Labute approximate surface area is 144 Å². The van der Waals surface area contributed by atoms with Crippen LogP contribution in [0.2, 0.25) is 0 Å². The van der Waals surface area contributed by atoms with Gasteiger partial charge in [-0.1, -0.05) is 34.1 Å². The van der Waals surface area contributed by atoms with Gasteiger partial charge in [0.25, 0.3) is 0 Å². The van der Waals surface area contributed by atoms with E-state index in [0.717, 1.165) is 46.9 Å². The van der Waals surface area contributed by atoms with Crippen molar-refractivity contribution in [2.45, 2.75) is 19.0 Å². The molecular formula is C18H20BrNO3. The molecule has 0 aromatic heterocycles. The minimum Gasteiger partial charge on any atom is -0.493 e. The summed E-state index contributed by atoms with van der Waals surface area (Å²) in [7, 11) is 3.29. The van der Waals surface area contributed by atoms with Gasteiger partial charge in [0.1, 0.15) is 5.75 Å². The molecule has 1 N–H and O–H groups in total. The van der Waals surface area contributed by atoms with Crippen LogP contribution < -0.4 is 19.5 Å². The van der Waals surface area contributed by atoms with Crippen molar-refractivity contribution in [3.63, 3.8) is 0 Å². The van der Waals surface area contributed by atoms with Crippen LogP contribution in [-0.4, -0.2) is 20.8 Å². The molecule has 0 saturated carbocycles. The number of methoxy groups -OCH3 is 2. The van der Waals surface area contributed by atoms with E-state index in [2.05, 4.69) is 33.4 Å². The lowest BCUT2D eigenvalue weighted by Crippen LogP contribution is -2.26. The van der Waals surface area contributed by atoms with Crippen LogP contribution in [0.15, 0.2) is 40.9 Å². The summed E-state index contributed by atoms with van der Waals surface area (Å²) in [6.07, 6.45) is 0.960. The SMILES string of the molecule is COc1cc(Br)c(CN[C@H]2CCOc3ccccc32)cc1OC. The lowest BCUT2D eigenvalue weighted by molar-refractivity contribution is 0.252. The van der Waals surface area contributed by atoms with E-state index in [1.54, 1.807) is 14.2 Å². The fourth-order valence-electron chi connectivity index (χ4n) is 2.82. The first-order chi connectivity index (χ1) is 11.2. The van der Waals surface area contributed by atoms with Crippen molar-refractivity contribution in [1.29, 1.82) is 0 Å². The predicted octanol–water partition coefficient (Wildman–Crippen LogP) is 4.08. The maximum absolute atomic E-state index is 5.71. The van der Waals surface area contributed by atoms with Crippen molar-refractivity contribution >= 4 is 15.9 Å². The second kappa shape index (κ2) is 7.23. The lowest BCUT2D eigenvalue weighted by atomic mass is 10.0. The summed E-state index contributed by atoms with van der Waals surface area (Å²) in [5, 5.41) is 3.62. The van der Waals surface area contributed by atoms with Crippen molar-refractivity contribution in [3.8, 4) is 17.2 Å². The Bertz CT molecular complexity index is 690. The topological polar surface area (TPSA) is 39.7 Å². The van der Waals surface area contributed by atoms with Crippen LogP contribution in [-0.2, 0) is 6.54 Å². The molecule has 2 aromatic rings. The van der Waals surface area contributed by atoms with Crippen LogP contribution in [0.5, 0.6) is 17.2 Å². The van der Waals surface area contributed by atoms with Gasteiger partial charge < -0.3 is 19.5 Å². The van der Waals surface area contributed by atoms with Gasteiger partial charge in [0.2, 0.25) is 0 Å². The lowest BCUT2D eigenvalue weighted by Gasteiger charge is -2.27. The maximum atomic E-state index is 5.71. The van der Waals surface area contributed by atoms with E-state index < -0.39 is 0 Å². The first-order valence-corrected chi connectivity index (χ1v) is 8.37. The van der Waals surface area contributed by atoms with E-state index in [4.69, 9.17) is 14.2 Å². The molecule has 1 heterocycles. The molecular weight excluding hydrogens is 358 g/mol. The van der Waals surface area contributed by atoms with Crippen LogP contribution in [0.1, 0.15) is 23.6 Å². The molecule has 0 bridgehead atoms. The number of fused-ring (bicyclic) bond motifs is 1. The first kappa shape index (κ1) is 16.1. The molecule has 122 valence electrons. The van der Waals surface area contributed by atoms with E-state index in [-0.39, 0.29) is 0 Å². The number of rotatable bonds is 5. The summed E-state index contributed by atoms with van der Waals surface area (Å²) in [6, 6.07) is 12.4. The number of halogens is 1. The van der Waals surface area contributed by atoms with E-state index in [9.17, 15) is 0 Å². The number of para-hydroxylation sites is 1. The molecule has 0 unspecified atom stereocenters. The summed E-state index contributed by atoms with van der Waals surface area (Å²) in [5.41, 5.74) is 2.35. The molecule has 4 nitrogen and oxygen atoms in total. The molecule has 0 fully saturated rings. The number of hydrogen-bond donors (Lipinski definition) is 1. The zero-order valence-corrected chi connectivity index (χ0v) is 14.9. The van der Waals surface area contributed by atoms with Crippen LogP contribution in [0.3, 0.4) is 0 Å². The van der Waals surface area contributed by atoms with Gasteiger partial charge in [0.05, 0.1) is 20.8 Å². The van der Waals surface area contributed by atoms with Gasteiger partial charge in [-0.05, 0) is 23.8 Å². The molecule has 0 aliphatic carbocycles. The van der Waals surface area contributed by atoms with Gasteiger partial charge in [-0.15, -0.1) is 0 Å². The van der Waals surface area contributed by atoms with Crippen molar-refractivity contribution in [2.24, 2.45) is 0 Å². The van der Waals surface area contributed by atoms with Crippen molar-refractivity contribution < 1.29 is 14.2 Å².